The molecule has 0 aliphatic heterocycles. The third kappa shape index (κ3) is 2.65. The Bertz CT molecular complexity index is 550. The smallest absolute Gasteiger partial charge is 0.191 e. The SMILES string of the molecule is COc1cccc(C2CC(NC(C)c3nn[nH]n3)C2)c1. The molecule has 0 spiro atoms. The zero-order valence-corrected chi connectivity index (χ0v) is 11.7. The van der Waals surface area contributed by atoms with Crippen LogP contribution in [0, 0.1) is 0 Å². The number of rotatable bonds is 5. The van der Waals surface area contributed by atoms with E-state index in [9.17, 15) is 0 Å². The van der Waals surface area contributed by atoms with Gasteiger partial charge in [-0.05, 0) is 43.4 Å². The lowest BCUT2D eigenvalue weighted by Gasteiger charge is -2.37. The van der Waals surface area contributed by atoms with Crippen LogP contribution in [-0.4, -0.2) is 33.8 Å². The van der Waals surface area contributed by atoms with Crippen molar-refractivity contribution in [2.45, 2.75) is 37.8 Å². The minimum atomic E-state index is 0.130. The predicted octanol–water partition coefficient (Wildman–Crippen LogP) is 1.81. The first-order valence-electron chi connectivity index (χ1n) is 6.89. The van der Waals surface area contributed by atoms with Gasteiger partial charge in [-0.3, -0.25) is 0 Å². The van der Waals surface area contributed by atoms with E-state index in [4.69, 9.17) is 4.74 Å². The molecule has 1 atom stereocenters. The summed E-state index contributed by atoms with van der Waals surface area (Å²) in [6.07, 6.45) is 2.27. The van der Waals surface area contributed by atoms with E-state index < -0.39 is 0 Å². The summed E-state index contributed by atoms with van der Waals surface area (Å²) in [7, 11) is 1.71. The number of benzene rings is 1. The second kappa shape index (κ2) is 5.58. The van der Waals surface area contributed by atoms with Crippen molar-refractivity contribution >= 4 is 0 Å². The second-order valence-electron chi connectivity index (χ2n) is 5.30. The van der Waals surface area contributed by atoms with Gasteiger partial charge in [0.25, 0.3) is 0 Å². The van der Waals surface area contributed by atoms with Gasteiger partial charge in [-0.1, -0.05) is 17.3 Å². The molecule has 6 nitrogen and oxygen atoms in total. The van der Waals surface area contributed by atoms with Crippen molar-refractivity contribution in [2.75, 3.05) is 7.11 Å². The Balaban J connectivity index is 1.53. The molecule has 2 N–H and O–H groups in total. The van der Waals surface area contributed by atoms with Crippen molar-refractivity contribution in [3.8, 4) is 5.75 Å². The summed E-state index contributed by atoms with van der Waals surface area (Å²) in [5.41, 5.74) is 1.36. The minimum Gasteiger partial charge on any atom is -0.497 e. The predicted molar refractivity (Wildman–Crippen MR) is 74.5 cm³/mol. The first-order valence-corrected chi connectivity index (χ1v) is 6.89. The van der Waals surface area contributed by atoms with Crippen LogP contribution < -0.4 is 10.1 Å². The van der Waals surface area contributed by atoms with Crippen LogP contribution in [0.4, 0.5) is 0 Å². The summed E-state index contributed by atoms with van der Waals surface area (Å²) in [5, 5.41) is 17.6. The van der Waals surface area contributed by atoms with Crippen molar-refractivity contribution in [1.82, 2.24) is 25.9 Å². The largest absolute Gasteiger partial charge is 0.497 e. The molecule has 1 fully saturated rings. The van der Waals surface area contributed by atoms with Crippen LogP contribution in [-0.2, 0) is 0 Å². The zero-order valence-electron chi connectivity index (χ0n) is 11.7. The summed E-state index contributed by atoms with van der Waals surface area (Å²) in [6, 6.07) is 8.98. The highest BCUT2D eigenvalue weighted by Gasteiger charge is 2.31. The average Bonchev–Trinajstić information content (AvgIpc) is 2.96. The van der Waals surface area contributed by atoms with E-state index in [1.165, 1.54) is 5.56 Å². The van der Waals surface area contributed by atoms with E-state index in [1.807, 2.05) is 6.07 Å². The fourth-order valence-corrected chi connectivity index (χ4v) is 2.70. The Kier molecular flexibility index (Phi) is 3.64. The monoisotopic (exact) mass is 273 g/mol. The Morgan fingerprint density at radius 2 is 2.25 bits per heavy atom. The van der Waals surface area contributed by atoms with Crippen LogP contribution in [0.5, 0.6) is 5.75 Å². The van der Waals surface area contributed by atoms with Gasteiger partial charge in [0, 0.05) is 6.04 Å². The van der Waals surface area contributed by atoms with Gasteiger partial charge in [-0.15, -0.1) is 10.2 Å². The summed E-state index contributed by atoms with van der Waals surface area (Å²) < 4.78 is 5.27. The maximum atomic E-state index is 5.27. The molecule has 1 aromatic carbocycles. The van der Waals surface area contributed by atoms with Gasteiger partial charge < -0.3 is 10.1 Å². The lowest BCUT2D eigenvalue weighted by Crippen LogP contribution is -2.41. The molecular weight excluding hydrogens is 254 g/mol. The van der Waals surface area contributed by atoms with Crippen LogP contribution in [0.15, 0.2) is 24.3 Å². The minimum absolute atomic E-state index is 0.130. The molecule has 0 amide bonds. The molecule has 0 radical (unpaired) electrons. The molecule has 0 saturated heterocycles. The van der Waals surface area contributed by atoms with Crippen molar-refractivity contribution in [3.05, 3.63) is 35.7 Å². The van der Waals surface area contributed by atoms with Gasteiger partial charge in [-0.25, -0.2) is 0 Å². The van der Waals surface area contributed by atoms with Crippen molar-refractivity contribution in [3.63, 3.8) is 0 Å². The second-order valence-corrected chi connectivity index (χ2v) is 5.30. The average molecular weight is 273 g/mol. The van der Waals surface area contributed by atoms with Crippen LogP contribution in [0.25, 0.3) is 0 Å². The lowest BCUT2D eigenvalue weighted by atomic mass is 9.75. The van der Waals surface area contributed by atoms with Gasteiger partial charge in [0.15, 0.2) is 5.82 Å². The molecule has 6 heteroatoms. The molecular formula is C14H19N5O. The fourth-order valence-electron chi connectivity index (χ4n) is 2.70. The van der Waals surface area contributed by atoms with Crippen molar-refractivity contribution in [2.24, 2.45) is 0 Å². The quantitative estimate of drug-likeness (QED) is 0.869. The van der Waals surface area contributed by atoms with Crippen LogP contribution in [0.1, 0.15) is 43.1 Å². The molecule has 1 aliphatic rings. The fraction of sp³-hybridized carbons (Fsp3) is 0.500. The van der Waals surface area contributed by atoms with Gasteiger partial charge in [0.1, 0.15) is 5.75 Å². The Morgan fingerprint density at radius 1 is 1.40 bits per heavy atom. The van der Waals surface area contributed by atoms with Gasteiger partial charge in [0.2, 0.25) is 0 Å². The topological polar surface area (TPSA) is 75.7 Å². The highest BCUT2D eigenvalue weighted by Crippen LogP contribution is 2.38. The first-order chi connectivity index (χ1) is 9.76. The molecule has 20 heavy (non-hydrogen) atoms. The Morgan fingerprint density at radius 3 is 2.95 bits per heavy atom. The molecule has 1 unspecified atom stereocenters. The van der Waals surface area contributed by atoms with Crippen LogP contribution >= 0.6 is 0 Å². The molecule has 106 valence electrons. The third-order valence-electron chi connectivity index (χ3n) is 3.94. The van der Waals surface area contributed by atoms with E-state index >= 15 is 0 Å². The molecule has 1 aromatic heterocycles. The molecule has 1 heterocycles. The van der Waals surface area contributed by atoms with E-state index in [1.54, 1.807) is 7.11 Å². The van der Waals surface area contributed by atoms with Crippen LogP contribution in [0.2, 0.25) is 0 Å². The summed E-state index contributed by atoms with van der Waals surface area (Å²) in [4.78, 5) is 0. The van der Waals surface area contributed by atoms with Gasteiger partial charge in [0.05, 0.1) is 13.2 Å². The highest BCUT2D eigenvalue weighted by molar-refractivity contribution is 5.32. The number of hydrogen-bond acceptors (Lipinski definition) is 5. The molecule has 0 bridgehead atoms. The number of aromatic nitrogens is 4. The number of H-pyrrole nitrogens is 1. The van der Waals surface area contributed by atoms with Crippen molar-refractivity contribution < 1.29 is 4.74 Å². The number of tetrazole rings is 1. The first kappa shape index (κ1) is 13.1. The summed E-state index contributed by atoms with van der Waals surface area (Å²) >= 11 is 0. The number of methoxy groups -OCH3 is 1. The summed E-state index contributed by atoms with van der Waals surface area (Å²) in [6.45, 7) is 2.06. The van der Waals surface area contributed by atoms with E-state index in [-0.39, 0.29) is 6.04 Å². The normalized spacial score (nSPS) is 23.1. The number of hydrogen-bond donors (Lipinski definition) is 2. The third-order valence-corrected chi connectivity index (χ3v) is 3.94. The van der Waals surface area contributed by atoms with E-state index in [0.717, 1.165) is 24.4 Å². The number of aromatic amines is 1. The van der Waals surface area contributed by atoms with E-state index in [2.05, 4.69) is 51.1 Å². The number of ether oxygens (including phenoxy) is 1. The zero-order chi connectivity index (χ0) is 13.9. The lowest BCUT2D eigenvalue weighted by molar-refractivity contribution is 0.267. The number of nitrogens with one attached hydrogen (secondary N) is 2. The summed E-state index contributed by atoms with van der Waals surface area (Å²) in [5.74, 6) is 2.26. The standard InChI is InChI=1S/C14H19N5O/c1-9(14-16-18-19-17-14)15-12-6-11(7-12)10-4-3-5-13(8-10)20-2/h3-5,8-9,11-12,15H,6-7H2,1-2H3,(H,16,17,18,19). The van der Waals surface area contributed by atoms with Gasteiger partial charge in [-0.2, -0.15) is 5.21 Å². The Hall–Kier alpha value is -1.95. The molecule has 1 saturated carbocycles. The highest BCUT2D eigenvalue weighted by atomic mass is 16.5. The molecule has 2 aromatic rings. The van der Waals surface area contributed by atoms with Crippen molar-refractivity contribution in [1.29, 1.82) is 0 Å². The van der Waals surface area contributed by atoms with Crippen LogP contribution in [0.3, 0.4) is 0 Å². The maximum absolute atomic E-state index is 5.27. The Labute approximate surface area is 117 Å². The van der Waals surface area contributed by atoms with Gasteiger partial charge >= 0.3 is 0 Å². The molecule has 1 aliphatic carbocycles. The molecule has 3 rings (SSSR count). The van der Waals surface area contributed by atoms with E-state index in [0.29, 0.717) is 12.0 Å². The number of nitrogens with zero attached hydrogens (tertiary/aromatic N) is 3. The maximum Gasteiger partial charge on any atom is 0.191 e.